The molecule has 1 atom stereocenters. The van der Waals surface area contributed by atoms with Gasteiger partial charge in [0.05, 0.1) is 5.56 Å². The zero-order valence-electron chi connectivity index (χ0n) is 7.26. The molecule has 1 radical (unpaired) electrons. The third kappa shape index (κ3) is 3.13. The van der Waals surface area contributed by atoms with Crippen molar-refractivity contribution in [2.75, 3.05) is 0 Å². The van der Waals surface area contributed by atoms with Crippen molar-refractivity contribution in [1.82, 2.24) is 0 Å². The molecule has 0 fully saturated rings. The summed E-state index contributed by atoms with van der Waals surface area (Å²) in [5.74, 6) is -0.837. The average Bonchev–Trinajstić information content (AvgIpc) is 2.51. The Kier molecular flexibility index (Phi) is 6.28. The topological polar surface area (TPSA) is 76.0 Å². The summed E-state index contributed by atoms with van der Waals surface area (Å²) >= 11 is 0. The van der Waals surface area contributed by atoms with E-state index >= 15 is 0 Å². The molecule has 1 aliphatic heterocycles. The molecule has 0 saturated heterocycles. The van der Waals surface area contributed by atoms with Crippen LogP contribution >= 0.6 is 9.03 Å². The van der Waals surface area contributed by atoms with Crippen LogP contribution in [0.1, 0.15) is 10.4 Å². The molecule has 5 nitrogen and oxygen atoms in total. The number of phenolic OH excluding ortho intramolecular Hbond substituents is 1. The number of fused-ring (bicyclic) bond motifs is 1. The second-order valence-corrected chi connectivity index (χ2v) is 2.99. The number of aromatic carboxylic acids is 1. The fourth-order valence-electron chi connectivity index (χ4n) is 0.997. The zero-order valence-corrected chi connectivity index (χ0v) is 14.0. The van der Waals surface area contributed by atoms with Crippen molar-refractivity contribution in [3.8, 4) is 17.2 Å². The van der Waals surface area contributed by atoms with Crippen LogP contribution in [-0.4, -0.2) is 16.2 Å². The average molecular weight is 473 g/mol. The van der Waals surface area contributed by atoms with Gasteiger partial charge in [0, 0.05) is 53.8 Å². The number of carboxylic acids is 1. The number of carboxylic acid groups (broad SMARTS) is 1. The van der Waals surface area contributed by atoms with Gasteiger partial charge in [-0.25, -0.2) is 4.79 Å². The molecule has 15 heavy (non-hydrogen) atoms. The summed E-state index contributed by atoms with van der Waals surface area (Å²) in [6, 6.07) is 2.44. The Labute approximate surface area is 127 Å². The first-order valence-electron chi connectivity index (χ1n) is 3.37. The molecule has 0 amide bonds. The maximum Gasteiger partial charge on any atom is 0.335 e. The number of phenols is 1. The van der Waals surface area contributed by atoms with Crippen molar-refractivity contribution in [2.24, 2.45) is 0 Å². The maximum absolute atomic E-state index is 10.5. The van der Waals surface area contributed by atoms with Crippen molar-refractivity contribution in [3.05, 3.63) is 17.7 Å². The van der Waals surface area contributed by atoms with Crippen LogP contribution in [0.15, 0.2) is 12.1 Å². The molecule has 2 N–H and O–H groups in total. The fraction of sp³-hybridized carbons (Fsp3) is 0. The predicted molar refractivity (Wildman–Crippen MR) is 44.6 cm³/mol. The van der Waals surface area contributed by atoms with E-state index in [0.29, 0.717) is 0 Å². The molecule has 0 saturated carbocycles. The normalized spacial score (nSPS) is 12.8. The van der Waals surface area contributed by atoms with E-state index in [1.54, 1.807) is 0 Å². The van der Waals surface area contributed by atoms with Gasteiger partial charge in [0.25, 0.3) is 9.03 Å². The Morgan fingerprint density at radius 1 is 1.33 bits per heavy atom. The molecule has 0 aliphatic carbocycles. The summed E-state index contributed by atoms with van der Waals surface area (Å²) < 4.78 is 9.88. The van der Waals surface area contributed by atoms with Crippen LogP contribution in [0.25, 0.3) is 0 Å². The first kappa shape index (κ1) is 15.3. The molecule has 0 aromatic heterocycles. The standard InChI is InChI=1S/C7H5O5P.W.Y/c8-4-1-3(7(9)10)2-5-6(4)12-13-11-5;;/h1-2,8,13H,(H,9,10);;. The maximum atomic E-state index is 10.5. The van der Waals surface area contributed by atoms with Crippen molar-refractivity contribution >= 4 is 15.0 Å². The Morgan fingerprint density at radius 2 is 2.00 bits per heavy atom. The monoisotopic (exact) mass is 473 g/mol. The van der Waals surface area contributed by atoms with Crippen LogP contribution in [0.3, 0.4) is 0 Å². The van der Waals surface area contributed by atoms with Gasteiger partial charge >= 0.3 is 5.97 Å². The van der Waals surface area contributed by atoms with Crippen molar-refractivity contribution in [3.63, 3.8) is 0 Å². The molecule has 1 aromatic rings. The van der Waals surface area contributed by atoms with Gasteiger partial charge in [0.2, 0.25) is 5.75 Å². The Bertz CT molecular complexity index is 386. The number of hydrogen-bond acceptors (Lipinski definition) is 4. The molecule has 1 aromatic carbocycles. The molecule has 8 heteroatoms. The second kappa shape index (κ2) is 6.15. The van der Waals surface area contributed by atoms with Crippen LogP contribution < -0.4 is 9.05 Å². The van der Waals surface area contributed by atoms with Gasteiger partial charge in [0.15, 0.2) is 11.5 Å². The third-order valence-corrected chi connectivity index (χ3v) is 2.17. The molecule has 1 unspecified atom stereocenters. The minimum Gasteiger partial charge on any atom is -0.504 e. The molecular formula is C7H5O5PWY. The zero-order chi connectivity index (χ0) is 9.42. The summed E-state index contributed by atoms with van der Waals surface area (Å²) in [6.07, 6.45) is 0. The summed E-state index contributed by atoms with van der Waals surface area (Å²) in [6.45, 7) is 0. The van der Waals surface area contributed by atoms with E-state index in [1.165, 1.54) is 6.07 Å². The number of benzene rings is 1. The van der Waals surface area contributed by atoms with Gasteiger partial charge in [-0.15, -0.1) is 0 Å². The van der Waals surface area contributed by atoms with Gasteiger partial charge < -0.3 is 19.3 Å². The SMILES string of the molecule is O=C(O)c1cc(O)c2c(c1)OPO2.[W].[Y]. The third-order valence-electron chi connectivity index (χ3n) is 1.58. The van der Waals surface area contributed by atoms with E-state index in [9.17, 15) is 9.90 Å². The number of aromatic hydroxyl groups is 1. The minimum absolute atomic E-state index is 0. The van der Waals surface area contributed by atoms with Gasteiger partial charge in [-0.2, -0.15) is 0 Å². The van der Waals surface area contributed by atoms with Crippen molar-refractivity contribution < 1.29 is 77.8 Å². The van der Waals surface area contributed by atoms with Gasteiger partial charge in [-0.05, 0) is 12.1 Å². The van der Waals surface area contributed by atoms with Crippen LogP contribution in [0.4, 0.5) is 0 Å². The smallest absolute Gasteiger partial charge is 0.335 e. The molecule has 77 valence electrons. The van der Waals surface area contributed by atoms with E-state index in [4.69, 9.17) is 14.2 Å². The van der Waals surface area contributed by atoms with Crippen molar-refractivity contribution in [1.29, 1.82) is 0 Å². The fourth-order valence-corrected chi connectivity index (χ4v) is 1.57. The van der Waals surface area contributed by atoms with E-state index in [0.717, 1.165) is 6.07 Å². The molecule has 0 bridgehead atoms. The quantitative estimate of drug-likeness (QED) is 0.604. The summed E-state index contributed by atoms with van der Waals surface area (Å²) in [5.41, 5.74) is -0.0217. The first-order chi connectivity index (χ1) is 6.18. The molecule has 1 heterocycles. The van der Waals surface area contributed by atoms with Crippen LogP contribution in [0.2, 0.25) is 0 Å². The van der Waals surface area contributed by atoms with Gasteiger partial charge in [-0.1, -0.05) is 0 Å². The van der Waals surface area contributed by atoms with Crippen LogP contribution in [0.5, 0.6) is 17.2 Å². The van der Waals surface area contributed by atoms with Gasteiger partial charge in [-0.3, -0.25) is 0 Å². The first-order valence-corrected chi connectivity index (χ1v) is 4.19. The van der Waals surface area contributed by atoms with Crippen LogP contribution in [0, 0.1) is 0 Å². The van der Waals surface area contributed by atoms with E-state index < -0.39 is 5.97 Å². The Hall–Kier alpha value is 0.312. The molecule has 2 rings (SSSR count). The van der Waals surface area contributed by atoms with Gasteiger partial charge in [0.1, 0.15) is 0 Å². The number of carbonyl (C=O) groups is 1. The summed E-state index contributed by atoms with van der Waals surface area (Å²) in [7, 11) is -0.220. The molecular weight excluding hydrogens is 468 g/mol. The predicted octanol–water partition coefficient (Wildman–Crippen LogP) is 1.37. The number of hydrogen-bond donors (Lipinski definition) is 2. The van der Waals surface area contributed by atoms with E-state index in [-0.39, 0.29) is 85.6 Å². The van der Waals surface area contributed by atoms with E-state index in [2.05, 4.69) is 0 Å². The van der Waals surface area contributed by atoms with Crippen molar-refractivity contribution in [2.45, 2.75) is 0 Å². The van der Waals surface area contributed by atoms with Crippen LogP contribution in [-0.2, 0) is 53.8 Å². The molecule has 0 spiro atoms. The Balaban J connectivity index is 0.000000980. The summed E-state index contributed by atoms with van der Waals surface area (Å²) in [5, 5.41) is 17.9. The second-order valence-electron chi connectivity index (χ2n) is 2.42. The molecule has 1 aliphatic rings. The van der Waals surface area contributed by atoms with E-state index in [1.807, 2.05) is 0 Å². The summed E-state index contributed by atoms with van der Waals surface area (Å²) in [4.78, 5) is 10.5. The largest absolute Gasteiger partial charge is 0.504 e. The number of rotatable bonds is 1. The minimum atomic E-state index is -1.11. The Morgan fingerprint density at radius 3 is 2.60 bits per heavy atom.